The Morgan fingerprint density at radius 2 is 1.91 bits per heavy atom. The lowest BCUT2D eigenvalue weighted by Crippen LogP contribution is -2.09. The van der Waals surface area contributed by atoms with Crippen molar-refractivity contribution in [3.8, 4) is 5.75 Å². The quantitative estimate of drug-likeness (QED) is 0.782. The summed E-state index contributed by atoms with van der Waals surface area (Å²) in [5.74, 6) is 0.647. The summed E-state index contributed by atoms with van der Waals surface area (Å²) in [5, 5.41) is 2.92. The Morgan fingerprint density at radius 3 is 2.70 bits per heavy atom. The van der Waals surface area contributed by atoms with Crippen LogP contribution in [-0.4, -0.2) is 12.5 Å². The summed E-state index contributed by atoms with van der Waals surface area (Å²) in [7, 11) is 0. The summed E-state index contributed by atoms with van der Waals surface area (Å²) in [6.45, 7) is 6.76. The minimum atomic E-state index is -0.149. The molecule has 0 radical (unpaired) electrons. The molecule has 2 aromatic carbocycles. The van der Waals surface area contributed by atoms with Crippen LogP contribution < -0.4 is 10.1 Å². The summed E-state index contributed by atoms with van der Waals surface area (Å²) < 4.78 is 5.69. The molecular weight excluding hydrogens is 286 g/mol. The maximum absolute atomic E-state index is 12.1. The molecule has 0 aliphatic rings. The zero-order valence-corrected chi connectivity index (χ0v) is 13.9. The number of amides is 1. The normalized spacial score (nSPS) is 10.7. The van der Waals surface area contributed by atoms with E-state index in [9.17, 15) is 4.79 Å². The molecular formula is C20H23NO2. The Bertz CT molecular complexity index is 705. The average Bonchev–Trinajstić information content (AvgIpc) is 2.56. The van der Waals surface area contributed by atoms with Crippen LogP contribution in [0.1, 0.15) is 30.0 Å². The third-order valence-corrected chi connectivity index (χ3v) is 3.66. The number of carbonyl (C=O) groups is 1. The van der Waals surface area contributed by atoms with E-state index in [4.69, 9.17) is 4.74 Å². The number of rotatable bonds is 6. The first-order valence-corrected chi connectivity index (χ1v) is 7.89. The Morgan fingerprint density at radius 1 is 1.13 bits per heavy atom. The molecule has 0 saturated heterocycles. The second-order valence-electron chi connectivity index (χ2n) is 5.46. The van der Waals surface area contributed by atoms with Crippen LogP contribution in [0.3, 0.4) is 0 Å². The monoisotopic (exact) mass is 309 g/mol. The van der Waals surface area contributed by atoms with Gasteiger partial charge in [0.05, 0.1) is 6.61 Å². The fraction of sp³-hybridized carbons (Fsp3) is 0.250. The SMILES string of the molecule is CCCOc1ccccc1/C=C/C(=O)Nc1cccc(C)c1C. The van der Waals surface area contributed by atoms with Gasteiger partial charge in [-0.2, -0.15) is 0 Å². The number of benzene rings is 2. The second-order valence-corrected chi connectivity index (χ2v) is 5.46. The first kappa shape index (κ1) is 16.8. The van der Waals surface area contributed by atoms with Gasteiger partial charge in [-0.15, -0.1) is 0 Å². The van der Waals surface area contributed by atoms with Crippen molar-refractivity contribution in [2.45, 2.75) is 27.2 Å². The highest BCUT2D eigenvalue weighted by Gasteiger charge is 2.04. The third-order valence-electron chi connectivity index (χ3n) is 3.66. The predicted octanol–water partition coefficient (Wildman–Crippen LogP) is 4.74. The number of hydrogen-bond acceptors (Lipinski definition) is 2. The summed E-state index contributed by atoms with van der Waals surface area (Å²) in [5.41, 5.74) is 3.98. The van der Waals surface area contributed by atoms with Gasteiger partial charge in [0, 0.05) is 17.3 Å². The lowest BCUT2D eigenvalue weighted by molar-refractivity contribution is -0.111. The van der Waals surface area contributed by atoms with Crippen LogP contribution in [0.25, 0.3) is 6.08 Å². The van der Waals surface area contributed by atoms with E-state index >= 15 is 0 Å². The van der Waals surface area contributed by atoms with Gasteiger partial charge in [0.2, 0.25) is 5.91 Å². The third kappa shape index (κ3) is 4.71. The molecule has 2 rings (SSSR count). The minimum Gasteiger partial charge on any atom is -0.493 e. The highest BCUT2D eigenvalue weighted by Crippen LogP contribution is 2.20. The smallest absolute Gasteiger partial charge is 0.248 e. The van der Waals surface area contributed by atoms with Crippen LogP contribution in [0.15, 0.2) is 48.5 Å². The van der Waals surface area contributed by atoms with Crippen molar-refractivity contribution in [1.82, 2.24) is 0 Å². The van der Waals surface area contributed by atoms with Crippen LogP contribution in [-0.2, 0) is 4.79 Å². The van der Waals surface area contributed by atoms with Gasteiger partial charge in [-0.05, 0) is 49.6 Å². The molecule has 3 heteroatoms. The molecule has 0 unspecified atom stereocenters. The molecule has 0 fully saturated rings. The number of nitrogens with one attached hydrogen (secondary N) is 1. The Balaban J connectivity index is 2.08. The molecule has 0 bridgehead atoms. The Labute approximate surface area is 138 Å². The number of ether oxygens (including phenoxy) is 1. The van der Waals surface area contributed by atoms with Crippen LogP contribution in [0.2, 0.25) is 0 Å². The van der Waals surface area contributed by atoms with Crippen molar-refractivity contribution in [3.63, 3.8) is 0 Å². The van der Waals surface area contributed by atoms with Crippen LogP contribution in [0.4, 0.5) is 5.69 Å². The maximum Gasteiger partial charge on any atom is 0.248 e. The van der Waals surface area contributed by atoms with E-state index in [1.165, 1.54) is 6.08 Å². The molecule has 23 heavy (non-hydrogen) atoms. The first-order valence-electron chi connectivity index (χ1n) is 7.89. The van der Waals surface area contributed by atoms with Crippen LogP contribution in [0, 0.1) is 13.8 Å². The Hall–Kier alpha value is -2.55. The summed E-state index contributed by atoms with van der Waals surface area (Å²) >= 11 is 0. The zero-order valence-electron chi connectivity index (χ0n) is 13.9. The molecule has 1 N–H and O–H groups in total. The zero-order chi connectivity index (χ0) is 16.7. The fourth-order valence-electron chi connectivity index (χ4n) is 2.19. The molecule has 0 aromatic heterocycles. The second kappa shape index (κ2) is 8.18. The molecule has 1 amide bonds. The van der Waals surface area contributed by atoms with Crippen molar-refractivity contribution >= 4 is 17.7 Å². The molecule has 0 atom stereocenters. The van der Waals surface area contributed by atoms with E-state index < -0.39 is 0 Å². The molecule has 0 heterocycles. The van der Waals surface area contributed by atoms with Gasteiger partial charge in [0.15, 0.2) is 0 Å². The topological polar surface area (TPSA) is 38.3 Å². The van der Waals surface area contributed by atoms with Crippen molar-refractivity contribution in [2.75, 3.05) is 11.9 Å². The summed E-state index contributed by atoms with van der Waals surface area (Å²) in [4.78, 5) is 12.1. The summed E-state index contributed by atoms with van der Waals surface area (Å²) in [6.07, 6.45) is 4.27. The van der Waals surface area contributed by atoms with Gasteiger partial charge in [-0.1, -0.05) is 37.3 Å². The first-order chi connectivity index (χ1) is 11.1. The lowest BCUT2D eigenvalue weighted by atomic mass is 10.1. The highest BCUT2D eigenvalue weighted by atomic mass is 16.5. The summed E-state index contributed by atoms with van der Waals surface area (Å²) in [6, 6.07) is 13.6. The number of carbonyl (C=O) groups excluding carboxylic acids is 1. The molecule has 0 aliphatic carbocycles. The average molecular weight is 309 g/mol. The van der Waals surface area contributed by atoms with Crippen molar-refractivity contribution in [1.29, 1.82) is 0 Å². The number of hydrogen-bond donors (Lipinski definition) is 1. The Kier molecular flexibility index (Phi) is 5.98. The van der Waals surface area contributed by atoms with Gasteiger partial charge >= 0.3 is 0 Å². The van der Waals surface area contributed by atoms with Gasteiger partial charge < -0.3 is 10.1 Å². The van der Waals surface area contributed by atoms with Crippen molar-refractivity contribution < 1.29 is 9.53 Å². The van der Waals surface area contributed by atoms with E-state index in [-0.39, 0.29) is 5.91 Å². The molecule has 0 saturated carbocycles. The fourth-order valence-corrected chi connectivity index (χ4v) is 2.19. The predicted molar refractivity (Wildman–Crippen MR) is 95.8 cm³/mol. The maximum atomic E-state index is 12.1. The van der Waals surface area contributed by atoms with Crippen LogP contribution in [0.5, 0.6) is 5.75 Å². The molecule has 3 nitrogen and oxygen atoms in total. The van der Waals surface area contributed by atoms with Gasteiger partial charge in [0.25, 0.3) is 0 Å². The van der Waals surface area contributed by atoms with E-state index in [0.29, 0.717) is 6.61 Å². The molecule has 0 spiro atoms. The van der Waals surface area contributed by atoms with E-state index in [2.05, 4.69) is 12.2 Å². The van der Waals surface area contributed by atoms with Crippen molar-refractivity contribution in [2.24, 2.45) is 0 Å². The van der Waals surface area contributed by atoms with E-state index in [1.807, 2.05) is 56.3 Å². The van der Waals surface area contributed by atoms with Gasteiger partial charge in [0.1, 0.15) is 5.75 Å². The molecule has 120 valence electrons. The number of aryl methyl sites for hydroxylation is 1. The number of para-hydroxylation sites is 1. The standard InChI is InChI=1S/C20H23NO2/c1-4-14-23-19-11-6-5-9-17(19)12-13-20(22)21-18-10-7-8-15(2)16(18)3/h5-13H,4,14H2,1-3H3,(H,21,22)/b13-12+. The number of anilines is 1. The van der Waals surface area contributed by atoms with Crippen molar-refractivity contribution in [3.05, 3.63) is 65.2 Å². The molecule has 2 aromatic rings. The van der Waals surface area contributed by atoms with E-state index in [0.717, 1.165) is 34.5 Å². The highest BCUT2D eigenvalue weighted by molar-refractivity contribution is 6.02. The van der Waals surface area contributed by atoms with E-state index in [1.54, 1.807) is 6.08 Å². The van der Waals surface area contributed by atoms with Crippen LogP contribution >= 0.6 is 0 Å². The van der Waals surface area contributed by atoms with Gasteiger partial charge in [-0.3, -0.25) is 4.79 Å². The lowest BCUT2D eigenvalue weighted by Gasteiger charge is -2.09. The van der Waals surface area contributed by atoms with Gasteiger partial charge in [-0.25, -0.2) is 0 Å². The minimum absolute atomic E-state index is 0.149. The largest absolute Gasteiger partial charge is 0.493 e. The molecule has 0 aliphatic heterocycles.